The first-order chi connectivity index (χ1) is 13.1. The Morgan fingerprint density at radius 1 is 1.07 bits per heavy atom. The third-order valence-corrected chi connectivity index (χ3v) is 5.76. The highest BCUT2D eigenvalue weighted by molar-refractivity contribution is 8.00. The Morgan fingerprint density at radius 3 is 2.37 bits per heavy atom. The molecule has 140 valence electrons. The first kappa shape index (κ1) is 19.2. The van der Waals surface area contributed by atoms with Crippen molar-refractivity contribution in [1.29, 1.82) is 0 Å². The Labute approximate surface area is 165 Å². The molecule has 0 unspecified atom stereocenters. The van der Waals surface area contributed by atoms with Crippen LogP contribution in [0.4, 0.5) is 5.13 Å². The maximum absolute atomic E-state index is 12.2. The molecule has 6 nitrogen and oxygen atoms in total. The van der Waals surface area contributed by atoms with Crippen LogP contribution in [0.5, 0.6) is 11.5 Å². The number of carbonyl (C=O) groups is 1. The lowest BCUT2D eigenvalue weighted by atomic mass is 10.1. The second-order valence-electron chi connectivity index (χ2n) is 5.70. The summed E-state index contributed by atoms with van der Waals surface area (Å²) in [5.41, 5.74) is 2.75. The molecular weight excluding hydrogens is 382 g/mol. The number of hydrogen-bond donors (Lipinski definition) is 1. The molecule has 0 aliphatic carbocycles. The van der Waals surface area contributed by atoms with Crippen molar-refractivity contribution in [3.63, 3.8) is 0 Å². The van der Waals surface area contributed by atoms with Gasteiger partial charge in [-0.15, -0.1) is 10.2 Å². The first-order valence-electron chi connectivity index (χ1n) is 8.13. The maximum atomic E-state index is 12.2. The van der Waals surface area contributed by atoms with Crippen LogP contribution in [0.3, 0.4) is 0 Å². The lowest BCUT2D eigenvalue weighted by Gasteiger charge is -2.07. The van der Waals surface area contributed by atoms with E-state index in [0.717, 1.165) is 27.0 Å². The van der Waals surface area contributed by atoms with Crippen LogP contribution in [-0.2, 0) is 5.75 Å². The fourth-order valence-electron chi connectivity index (χ4n) is 2.29. The van der Waals surface area contributed by atoms with E-state index in [1.54, 1.807) is 38.1 Å². The molecule has 3 aromatic rings. The molecule has 1 aromatic heterocycles. The summed E-state index contributed by atoms with van der Waals surface area (Å²) in [5.74, 6) is 1.98. The van der Waals surface area contributed by atoms with E-state index in [9.17, 15) is 4.79 Å². The van der Waals surface area contributed by atoms with E-state index in [1.807, 2.05) is 37.3 Å². The van der Waals surface area contributed by atoms with Crippen molar-refractivity contribution in [3.8, 4) is 11.5 Å². The topological polar surface area (TPSA) is 73.3 Å². The first-order valence-corrected chi connectivity index (χ1v) is 9.94. The van der Waals surface area contributed by atoms with Crippen molar-refractivity contribution >= 4 is 34.1 Å². The Balaban J connectivity index is 1.61. The molecule has 0 aliphatic heterocycles. The van der Waals surface area contributed by atoms with Gasteiger partial charge in [-0.1, -0.05) is 40.8 Å². The van der Waals surface area contributed by atoms with Crippen LogP contribution in [0, 0.1) is 6.92 Å². The molecule has 0 bridgehead atoms. The van der Waals surface area contributed by atoms with Gasteiger partial charge < -0.3 is 9.47 Å². The van der Waals surface area contributed by atoms with E-state index in [1.165, 1.54) is 11.3 Å². The Morgan fingerprint density at radius 2 is 1.74 bits per heavy atom. The SMILES string of the molecule is COc1cc(CSc2nnc(NC(=O)c3ccc(C)cc3)s2)cc(OC)c1. The monoisotopic (exact) mass is 401 g/mol. The van der Waals surface area contributed by atoms with Crippen LogP contribution in [0.2, 0.25) is 0 Å². The highest BCUT2D eigenvalue weighted by atomic mass is 32.2. The molecular formula is C19H19N3O3S2. The number of thioether (sulfide) groups is 1. The Hall–Kier alpha value is -2.58. The third-order valence-electron chi connectivity index (χ3n) is 3.71. The normalized spacial score (nSPS) is 10.5. The number of methoxy groups -OCH3 is 2. The van der Waals surface area contributed by atoms with Gasteiger partial charge in [-0.2, -0.15) is 0 Å². The fourth-order valence-corrected chi connectivity index (χ4v) is 3.96. The number of benzene rings is 2. The summed E-state index contributed by atoms with van der Waals surface area (Å²) in [6.07, 6.45) is 0. The number of aryl methyl sites for hydroxylation is 1. The summed E-state index contributed by atoms with van der Waals surface area (Å²) in [6, 6.07) is 13.1. The van der Waals surface area contributed by atoms with E-state index in [2.05, 4.69) is 15.5 Å². The molecule has 1 amide bonds. The minimum absolute atomic E-state index is 0.194. The number of hydrogen-bond acceptors (Lipinski definition) is 7. The van der Waals surface area contributed by atoms with Crippen LogP contribution in [-0.4, -0.2) is 30.3 Å². The number of carbonyl (C=O) groups excluding carboxylic acids is 1. The van der Waals surface area contributed by atoms with Crippen molar-refractivity contribution < 1.29 is 14.3 Å². The van der Waals surface area contributed by atoms with Crippen LogP contribution in [0.1, 0.15) is 21.5 Å². The Kier molecular flexibility index (Phi) is 6.31. The van der Waals surface area contributed by atoms with Crippen molar-refractivity contribution in [1.82, 2.24) is 10.2 Å². The van der Waals surface area contributed by atoms with Crippen LogP contribution >= 0.6 is 23.1 Å². The molecule has 1 N–H and O–H groups in total. The highest BCUT2D eigenvalue weighted by Gasteiger charge is 2.11. The van der Waals surface area contributed by atoms with Crippen LogP contribution in [0.25, 0.3) is 0 Å². The van der Waals surface area contributed by atoms with Gasteiger partial charge in [0.05, 0.1) is 14.2 Å². The predicted molar refractivity (Wildman–Crippen MR) is 108 cm³/mol. The molecule has 0 spiro atoms. The lowest BCUT2D eigenvalue weighted by Crippen LogP contribution is -2.11. The number of amides is 1. The minimum Gasteiger partial charge on any atom is -0.497 e. The van der Waals surface area contributed by atoms with Gasteiger partial charge >= 0.3 is 0 Å². The number of aromatic nitrogens is 2. The predicted octanol–water partition coefficient (Wildman–Crippen LogP) is 4.41. The van der Waals surface area contributed by atoms with Crippen molar-refractivity contribution in [2.24, 2.45) is 0 Å². The van der Waals surface area contributed by atoms with Gasteiger partial charge in [-0.05, 0) is 36.8 Å². The molecule has 0 aliphatic rings. The van der Waals surface area contributed by atoms with Gasteiger partial charge in [0.1, 0.15) is 11.5 Å². The summed E-state index contributed by atoms with van der Waals surface area (Å²) >= 11 is 2.88. The van der Waals surface area contributed by atoms with Crippen molar-refractivity contribution in [2.45, 2.75) is 17.0 Å². The van der Waals surface area contributed by atoms with Gasteiger partial charge in [0.2, 0.25) is 5.13 Å². The molecule has 0 radical (unpaired) electrons. The van der Waals surface area contributed by atoms with Crippen molar-refractivity contribution in [3.05, 3.63) is 59.2 Å². The largest absolute Gasteiger partial charge is 0.497 e. The number of nitrogens with zero attached hydrogens (tertiary/aromatic N) is 2. The Bertz CT molecular complexity index is 904. The van der Waals surface area contributed by atoms with Gasteiger partial charge in [0, 0.05) is 17.4 Å². The summed E-state index contributed by atoms with van der Waals surface area (Å²) in [6.45, 7) is 1.98. The molecule has 2 aromatic carbocycles. The average molecular weight is 402 g/mol. The number of anilines is 1. The summed E-state index contributed by atoms with van der Waals surface area (Å²) in [4.78, 5) is 12.2. The number of ether oxygens (including phenoxy) is 2. The van der Waals surface area contributed by atoms with Gasteiger partial charge in [-0.25, -0.2) is 0 Å². The van der Waals surface area contributed by atoms with Crippen LogP contribution < -0.4 is 14.8 Å². The molecule has 27 heavy (non-hydrogen) atoms. The summed E-state index contributed by atoms with van der Waals surface area (Å²) in [5, 5.41) is 11.4. The minimum atomic E-state index is -0.194. The van der Waals surface area contributed by atoms with E-state index < -0.39 is 0 Å². The second kappa shape index (κ2) is 8.88. The quantitative estimate of drug-likeness (QED) is 0.467. The average Bonchev–Trinajstić information content (AvgIpc) is 3.13. The van der Waals surface area contributed by atoms with E-state index in [4.69, 9.17) is 9.47 Å². The molecule has 3 rings (SSSR count). The fraction of sp³-hybridized carbons (Fsp3) is 0.211. The van der Waals surface area contributed by atoms with E-state index >= 15 is 0 Å². The second-order valence-corrected chi connectivity index (χ2v) is 7.90. The zero-order valence-electron chi connectivity index (χ0n) is 15.2. The molecule has 0 saturated heterocycles. The summed E-state index contributed by atoms with van der Waals surface area (Å²) < 4.78 is 11.3. The molecule has 8 heteroatoms. The van der Waals surface area contributed by atoms with Crippen molar-refractivity contribution in [2.75, 3.05) is 19.5 Å². The zero-order valence-corrected chi connectivity index (χ0v) is 16.8. The van der Waals surface area contributed by atoms with Gasteiger partial charge in [0.15, 0.2) is 4.34 Å². The number of nitrogens with one attached hydrogen (secondary N) is 1. The number of rotatable bonds is 7. The lowest BCUT2D eigenvalue weighted by molar-refractivity contribution is 0.102. The molecule has 0 saturated carbocycles. The van der Waals surface area contributed by atoms with Crippen LogP contribution in [0.15, 0.2) is 46.8 Å². The van der Waals surface area contributed by atoms with E-state index in [0.29, 0.717) is 16.4 Å². The third kappa shape index (κ3) is 5.21. The molecule has 1 heterocycles. The zero-order chi connectivity index (χ0) is 19.2. The summed E-state index contributed by atoms with van der Waals surface area (Å²) in [7, 11) is 3.25. The molecule has 0 fully saturated rings. The maximum Gasteiger partial charge on any atom is 0.257 e. The van der Waals surface area contributed by atoms with Gasteiger partial charge in [0.25, 0.3) is 5.91 Å². The van der Waals surface area contributed by atoms with Gasteiger partial charge in [-0.3, -0.25) is 10.1 Å². The molecule has 0 atom stereocenters. The standard InChI is InChI=1S/C19H19N3O3S2/c1-12-4-6-14(7-5-12)17(23)20-18-21-22-19(27-18)26-11-13-8-15(24-2)10-16(9-13)25-3/h4-10H,11H2,1-3H3,(H,20,21,23). The van der Waals surface area contributed by atoms with E-state index in [-0.39, 0.29) is 5.91 Å². The smallest absolute Gasteiger partial charge is 0.257 e. The highest BCUT2D eigenvalue weighted by Crippen LogP contribution is 2.31.